The molecule has 0 unspecified atom stereocenters. The molecule has 0 aliphatic heterocycles. The Morgan fingerprint density at radius 1 is 1.44 bits per heavy atom. The summed E-state index contributed by atoms with van der Waals surface area (Å²) < 4.78 is 31.7. The summed E-state index contributed by atoms with van der Waals surface area (Å²) >= 11 is 0. The molecular formula is C10H6F3N3O2. The number of aliphatic carboxylic acids is 1. The number of carboxylic acids is 1. The Morgan fingerprint density at radius 3 is 2.56 bits per heavy atom. The standard InChI is InChI=1S/C8H5N3.C2HF3O2/c9-4-6-2-1-3-7-8(6)11-5-10-7;3-2(4,5)1(6)7/h1-3,5H,(H,10,11);(H,6,7). The topological polar surface area (TPSA) is 89.8 Å². The van der Waals surface area contributed by atoms with Crippen LogP contribution in [0.15, 0.2) is 24.5 Å². The number of H-pyrrole nitrogens is 1. The van der Waals surface area contributed by atoms with Gasteiger partial charge in [0.2, 0.25) is 0 Å². The molecule has 0 saturated carbocycles. The van der Waals surface area contributed by atoms with E-state index in [-0.39, 0.29) is 0 Å². The van der Waals surface area contributed by atoms with Gasteiger partial charge in [0.15, 0.2) is 0 Å². The number of para-hydroxylation sites is 1. The minimum atomic E-state index is -5.08. The highest BCUT2D eigenvalue weighted by Crippen LogP contribution is 2.13. The van der Waals surface area contributed by atoms with E-state index in [1.165, 1.54) is 0 Å². The molecule has 0 amide bonds. The van der Waals surface area contributed by atoms with Crippen molar-refractivity contribution in [2.45, 2.75) is 6.18 Å². The Labute approximate surface area is 98.5 Å². The number of fused-ring (bicyclic) bond motifs is 1. The van der Waals surface area contributed by atoms with Gasteiger partial charge in [-0.05, 0) is 12.1 Å². The lowest BCUT2D eigenvalue weighted by Crippen LogP contribution is -2.21. The van der Waals surface area contributed by atoms with Crippen molar-refractivity contribution in [3.8, 4) is 6.07 Å². The summed E-state index contributed by atoms with van der Waals surface area (Å²) in [4.78, 5) is 15.8. The number of hydrogen-bond donors (Lipinski definition) is 2. The quantitative estimate of drug-likeness (QED) is 0.755. The summed E-state index contributed by atoms with van der Waals surface area (Å²) in [7, 11) is 0. The van der Waals surface area contributed by atoms with Gasteiger partial charge in [0, 0.05) is 0 Å². The van der Waals surface area contributed by atoms with Crippen molar-refractivity contribution in [2.24, 2.45) is 0 Å². The average Bonchev–Trinajstić information content (AvgIpc) is 2.76. The van der Waals surface area contributed by atoms with E-state index in [4.69, 9.17) is 15.2 Å². The minimum absolute atomic E-state index is 0.615. The Morgan fingerprint density at radius 2 is 2.06 bits per heavy atom. The summed E-state index contributed by atoms with van der Waals surface area (Å²) in [5.41, 5.74) is 2.27. The predicted octanol–water partition coefficient (Wildman–Crippen LogP) is 2.07. The number of benzene rings is 1. The van der Waals surface area contributed by atoms with Gasteiger partial charge >= 0.3 is 12.1 Å². The number of carboxylic acid groups (broad SMARTS) is 1. The number of rotatable bonds is 0. The first-order valence-corrected chi connectivity index (χ1v) is 4.48. The lowest BCUT2D eigenvalue weighted by atomic mass is 10.2. The molecule has 94 valence electrons. The van der Waals surface area contributed by atoms with Gasteiger partial charge < -0.3 is 10.1 Å². The molecule has 0 aliphatic carbocycles. The van der Waals surface area contributed by atoms with Crippen LogP contribution in [0.25, 0.3) is 11.0 Å². The highest BCUT2D eigenvalue weighted by molar-refractivity contribution is 5.80. The SMILES string of the molecule is N#Cc1cccc2[nH]cnc12.O=C(O)C(F)(F)F. The van der Waals surface area contributed by atoms with Crippen LogP contribution in [-0.4, -0.2) is 27.2 Å². The summed E-state index contributed by atoms with van der Waals surface area (Å²) in [6.07, 6.45) is -3.49. The van der Waals surface area contributed by atoms with Crippen LogP contribution in [-0.2, 0) is 4.79 Å². The second kappa shape index (κ2) is 5.18. The number of hydrogen-bond acceptors (Lipinski definition) is 3. The molecule has 1 heterocycles. The molecular weight excluding hydrogens is 251 g/mol. The van der Waals surface area contributed by atoms with E-state index in [0.29, 0.717) is 5.56 Å². The first-order chi connectivity index (χ1) is 8.36. The van der Waals surface area contributed by atoms with E-state index in [1.807, 2.05) is 12.1 Å². The fraction of sp³-hybridized carbons (Fsp3) is 0.100. The molecule has 5 nitrogen and oxygen atoms in total. The van der Waals surface area contributed by atoms with E-state index in [2.05, 4.69) is 16.0 Å². The van der Waals surface area contributed by atoms with Crippen molar-refractivity contribution >= 4 is 17.0 Å². The zero-order valence-electron chi connectivity index (χ0n) is 8.69. The second-order valence-electron chi connectivity index (χ2n) is 3.02. The number of carbonyl (C=O) groups is 1. The monoisotopic (exact) mass is 257 g/mol. The third-order valence-corrected chi connectivity index (χ3v) is 1.81. The third-order valence-electron chi connectivity index (χ3n) is 1.81. The first kappa shape index (κ1) is 13.5. The fourth-order valence-electron chi connectivity index (χ4n) is 1.06. The Hall–Kier alpha value is -2.56. The van der Waals surface area contributed by atoms with Crippen LogP contribution in [0.4, 0.5) is 13.2 Å². The van der Waals surface area contributed by atoms with Crippen LogP contribution in [0.5, 0.6) is 0 Å². The van der Waals surface area contributed by atoms with Crippen molar-refractivity contribution in [3.05, 3.63) is 30.1 Å². The summed E-state index contributed by atoms with van der Waals surface area (Å²) in [6.45, 7) is 0. The molecule has 0 spiro atoms. The third kappa shape index (κ3) is 3.21. The highest BCUT2D eigenvalue weighted by Gasteiger charge is 2.38. The Kier molecular flexibility index (Phi) is 3.89. The molecule has 1 aromatic heterocycles. The highest BCUT2D eigenvalue weighted by atomic mass is 19.4. The largest absolute Gasteiger partial charge is 0.490 e. The van der Waals surface area contributed by atoms with Crippen LogP contribution in [0.1, 0.15) is 5.56 Å². The van der Waals surface area contributed by atoms with Crippen LogP contribution in [0, 0.1) is 11.3 Å². The van der Waals surface area contributed by atoms with Gasteiger partial charge in [-0.1, -0.05) is 6.07 Å². The van der Waals surface area contributed by atoms with Crippen molar-refractivity contribution in [2.75, 3.05) is 0 Å². The van der Waals surface area contributed by atoms with Crippen molar-refractivity contribution in [1.82, 2.24) is 9.97 Å². The summed E-state index contributed by atoms with van der Waals surface area (Å²) in [5.74, 6) is -2.76. The number of aromatic amines is 1. The Balaban J connectivity index is 0.000000203. The molecule has 18 heavy (non-hydrogen) atoms. The first-order valence-electron chi connectivity index (χ1n) is 4.48. The van der Waals surface area contributed by atoms with Crippen LogP contribution in [0.2, 0.25) is 0 Å². The summed E-state index contributed by atoms with van der Waals surface area (Å²) in [6, 6.07) is 7.55. The van der Waals surface area contributed by atoms with Gasteiger partial charge in [0.1, 0.15) is 11.6 Å². The number of imidazole rings is 1. The zero-order valence-corrected chi connectivity index (χ0v) is 8.69. The molecule has 0 aliphatic rings. The van der Waals surface area contributed by atoms with E-state index >= 15 is 0 Å². The van der Waals surface area contributed by atoms with Crippen LogP contribution < -0.4 is 0 Å². The zero-order chi connectivity index (χ0) is 13.8. The van der Waals surface area contributed by atoms with Crippen molar-refractivity contribution in [1.29, 1.82) is 5.26 Å². The molecule has 2 N–H and O–H groups in total. The number of nitrogens with zero attached hydrogens (tertiary/aromatic N) is 2. The minimum Gasteiger partial charge on any atom is -0.475 e. The normalized spacial score (nSPS) is 10.3. The molecule has 8 heteroatoms. The maximum Gasteiger partial charge on any atom is 0.490 e. The molecule has 0 radical (unpaired) electrons. The maximum absolute atomic E-state index is 10.6. The average molecular weight is 257 g/mol. The lowest BCUT2D eigenvalue weighted by Gasteiger charge is -1.93. The molecule has 0 fully saturated rings. The van der Waals surface area contributed by atoms with Crippen molar-refractivity contribution < 1.29 is 23.1 Å². The molecule has 0 bridgehead atoms. The molecule has 0 atom stereocenters. The van der Waals surface area contributed by atoms with E-state index in [1.54, 1.807) is 12.4 Å². The molecule has 1 aromatic carbocycles. The predicted molar refractivity (Wildman–Crippen MR) is 54.5 cm³/mol. The molecule has 2 aromatic rings. The van der Waals surface area contributed by atoms with Gasteiger partial charge in [-0.2, -0.15) is 18.4 Å². The van der Waals surface area contributed by atoms with E-state index in [0.717, 1.165) is 11.0 Å². The number of nitrogens with one attached hydrogen (secondary N) is 1. The Bertz CT molecular complexity index is 598. The second-order valence-corrected chi connectivity index (χ2v) is 3.02. The van der Waals surface area contributed by atoms with Gasteiger partial charge in [0.25, 0.3) is 0 Å². The fourth-order valence-corrected chi connectivity index (χ4v) is 1.06. The van der Waals surface area contributed by atoms with E-state index < -0.39 is 12.1 Å². The van der Waals surface area contributed by atoms with Gasteiger partial charge in [-0.3, -0.25) is 0 Å². The van der Waals surface area contributed by atoms with Gasteiger partial charge in [0.05, 0.1) is 17.4 Å². The van der Waals surface area contributed by atoms with Gasteiger partial charge in [-0.15, -0.1) is 0 Å². The summed E-state index contributed by atoms with van der Waals surface area (Å²) in [5, 5.41) is 15.8. The van der Waals surface area contributed by atoms with Crippen LogP contribution >= 0.6 is 0 Å². The van der Waals surface area contributed by atoms with Crippen LogP contribution in [0.3, 0.4) is 0 Å². The van der Waals surface area contributed by atoms with Gasteiger partial charge in [-0.25, -0.2) is 9.78 Å². The molecule has 0 saturated heterocycles. The number of alkyl halides is 3. The van der Waals surface area contributed by atoms with E-state index in [9.17, 15) is 13.2 Å². The smallest absolute Gasteiger partial charge is 0.475 e. The number of nitriles is 1. The maximum atomic E-state index is 10.6. The lowest BCUT2D eigenvalue weighted by molar-refractivity contribution is -0.192. The van der Waals surface area contributed by atoms with Crippen molar-refractivity contribution in [3.63, 3.8) is 0 Å². The molecule has 2 rings (SSSR count). The number of aromatic nitrogens is 2. The number of halogens is 3.